The van der Waals surface area contributed by atoms with Gasteiger partial charge in [0.2, 0.25) is 0 Å². The predicted molar refractivity (Wildman–Crippen MR) is 45.3 cm³/mol. The molecule has 1 N–H and O–H groups in total. The second-order valence-corrected chi connectivity index (χ2v) is 2.74. The number of nitro benzene ring substituents is 1. The SMILES string of the molecule is O=[N+]([O-])c1cccc2c1CCN2. The summed E-state index contributed by atoms with van der Waals surface area (Å²) in [6.45, 7) is 0.806. The predicted octanol–water partition coefficient (Wildman–Crippen LogP) is 1.56. The molecule has 4 heteroatoms. The van der Waals surface area contributed by atoms with Crippen LogP contribution in [0.4, 0.5) is 11.4 Å². The van der Waals surface area contributed by atoms with Crippen LogP contribution in [0.5, 0.6) is 0 Å². The number of hydrogen-bond acceptors (Lipinski definition) is 3. The summed E-state index contributed by atoms with van der Waals surface area (Å²) in [6, 6.07) is 5.12. The van der Waals surface area contributed by atoms with Gasteiger partial charge in [-0.15, -0.1) is 0 Å². The van der Waals surface area contributed by atoms with Gasteiger partial charge in [0.05, 0.1) is 10.5 Å². The molecule has 0 bridgehead atoms. The fraction of sp³-hybridized carbons (Fsp3) is 0.250. The minimum absolute atomic E-state index is 0.234. The first-order chi connectivity index (χ1) is 5.79. The Morgan fingerprint density at radius 2 is 2.33 bits per heavy atom. The Hall–Kier alpha value is -1.58. The minimum Gasteiger partial charge on any atom is -0.384 e. The highest BCUT2D eigenvalue weighted by Crippen LogP contribution is 2.30. The molecule has 1 aliphatic heterocycles. The maximum atomic E-state index is 10.5. The molecule has 0 amide bonds. The van der Waals surface area contributed by atoms with Gasteiger partial charge in [-0.3, -0.25) is 10.1 Å². The van der Waals surface area contributed by atoms with Crippen LogP contribution < -0.4 is 5.32 Å². The summed E-state index contributed by atoms with van der Waals surface area (Å²) in [5.74, 6) is 0. The number of anilines is 1. The maximum absolute atomic E-state index is 10.5. The average Bonchev–Trinajstić information content (AvgIpc) is 2.49. The first kappa shape index (κ1) is 7.09. The van der Waals surface area contributed by atoms with Gasteiger partial charge in [-0.1, -0.05) is 6.07 Å². The van der Waals surface area contributed by atoms with Gasteiger partial charge in [0.1, 0.15) is 0 Å². The van der Waals surface area contributed by atoms with Crippen molar-refractivity contribution in [3.8, 4) is 0 Å². The lowest BCUT2D eigenvalue weighted by atomic mass is 10.1. The van der Waals surface area contributed by atoms with Crippen LogP contribution in [0, 0.1) is 10.1 Å². The van der Waals surface area contributed by atoms with Crippen molar-refractivity contribution >= 4 is 11.4 Å². The molecule has 0 unspecified atom stereocenters. The molecule has 1 aromatic rings. The minimum atomic E-state index is -0.328. The molecule has 0 radical (unpaired) electrons. The molecule has 2 rings (SSSR count). The largest absolute Gasteiger partial charge is 0.384 e. The third-order valence-electron chi connectivity index (χ3n) is 2.04. The third kappa shape index (κ3) is 0.922. The molecule has 0 atom stereocenters. The number of fused-ring (bicyclic) bond motifs is 1. The molecule has 62 valence electrons. The molecule has 1 heterocycles. The zero-order chi connectivity index (χ0) is 8.55. The molecule has 0 aliphatic carbocycles. The number of benzene rings is 1. The van der Waals surface area contributed by atoms with E-state index in [4.69, 9.17) is 0 Å². The fourth-order valence-corrected chi connectivity index (χ4v) is 1.50. The Morgan fingerprint density at radius 3 is 3.08 bits per heavy atom. The number of nitrogens with zero attached hydrogens (tertiary/aromatic N) is 1. The van der Waals surface area contributed by atoms with Crippen molar-refractivity contribution in [2.45, 2.75) is 6.42 Å². The number of nitro groups is 1. The van der Waals surface area contributed by atoms with E-state index in [0.29, 0.717) is 0 Å². The zero-order valence-electron chi connectivity index (χ0n) is 6.41. The number of hydrogen-bond donors (Lipinski definition) is 1. The van der Waals surface area contributed by atoms with Crippen LogP contribution >= 0.6 is 0 Å². The van der Waals surface area contributed by atoms with Crippen molar-refractivity contribution in [1.82, 2.24) is 0 Å². The molecule has 1 aliphatic rings. The van der Waals surface area contributed by atoms with Crippen molar-refractivity contribution in [1.29, 1.82) is 0 Å². The van der Waals surface area contributed by atoms with Crippen LogP contribution in [0.15, 0.2) is 18.2 Å². The smallest absolute Gasteiger partial charge is 0.274 e. The molecular weight excluding hydrogens is 156 g/mol. The van der Waals surface area contributed by atoms with Gasteiger partial charge in [-0.05, 0) is 12.5 Å². The van der Waals surface area contributed by atoms with E-state index in [2.05, 4.69) is 5.32 Å². The summed E-state index contributed by atoms with van der Waals surface area (Å²) in [6.07, 6.45) is 0.756. The number of rotatable bonds is 1. The molecular formula is C8H8N2O2. The molecule has 12 heavy (non-hydrogen) atoms. The van der Waals surface area contributed by atoms with E-state index in [-0.39, 0.29) is 10.6 Å². The van der Waals surface area contributed by atoms with E-state index in [1.807, 2.05) is 6.07 Å². The Bertz CT molecular complexity index is 336. The van der Waals surface area contributed by atoms with E-state index in [9.17, 15) is 10.1 Å². The lowest BCUT2D eigenvalue weighted by Crippen LogP contribution is -1.92. The lowest BCUT2D eigenvalue weighted by molar-refractivity contribution is -0.385. The van der Waals surface area contributed by atoms with E-state index >= 15 is 0 Å². The van der Waals surface area contributed by atoms with Gasteiger partial charge in [-0.25, -0.2) is 0 Å². The highest BCUT2D eigenvalue weighted by atomic mass is 16.6. The quantitative estimate of drug-likeness (QED) is 0.506. The van der Waals surface area contributed by atoms with Crippen molar-refractivity contribution in [2.75, 3.05) is 11.9 Å². The molecule has 4 nitrogen and oxygen atoms in total. The Morgan fingerprint density at radius 1 is 1.50 bits per heavy atom. The van der Waals surface area contributed by atoms with Crippen molar-refractivity contribution in [2.24, 2.45) is 0 Å². The highest BCUT2D eigenvalue weighted by Gasteiger charge is 2.20. The summed E-state index contributed by atoms with van der Waals surface area (Å²) in [5.41, 5.74) is 1.98. The van der Waals surface area contributed by atoms with Crippen LogP contribution in [-0.4, -0.2) is 11.5 Å². The summed E-state index contributed by atoms with van der Waals surface area (Å²) in [7, 11) is 0. The van der Waals surface area contributed by atoms with Gasteiger partial charge in [0.25, 0.3) is 5.69 Å². The second kappa shape index (κ2) is 2.48. The van der Waals surface area contributed by atoms with Gasteiger partial charge < -0.3 is 5.32 Å². The van der Waals surface area contributed by atoms with Gasteiger partial charge >= 0.3 is 0 Å². The van der Waals surface area contributed by atoms with Crippen LogP contribution in [0.3, 0.4) is 0 Å². The summed E-state index contributed by atoms with van der Waals surface area (Å²) < 4.78 is 0. The van der Waals surface area contributed by atoms with E-state index in [0.717, 1.165) is 24.2 Å². The Labute approximate surface area is 69.4 Å². The molecule has 0 fully saturated rings. The molecule has 0 aromatic heterocycles. The lowest BCUT2D eigenvalue weighted by Gasteiger charge is -1.98. The van der Waals surface area contributed by atoms with Crippen LogP contribution in [0.25, 0.3) is 0 Å². The topological polar surface area (TPSA) is 55.2 Å². The zero-order valence-corrected chi connectivity index (χ0v) is 6.41. The van der Waals surface area contributed by atoms with Crippen molar-refractivity contribution < 1.29 is 4.92 Å². The summed E-state index contributed by atoms with van der Waals surface area (Å²) >= 11 is 0. The summed E-state index contributed by atoms with van der Waals surface area (Å²) in [4.78, 5) is 10.2. The highest BCUT2D eigenvalue weighted by molar-refractivity contribution is 5.63. The van der Waals surface area contributed by atoms with E-state index < -0.39 is 0 Å². The monoisotopic (exact) mass is 164 g/mol. The first-order valence-electron chi connectivity index (χ1n) is 3.79. The van der Waals surface area contributed by atoms with Gasteiger partial charge in [-0.2, -0.15) is 0 Å². The van der Waals surface area contributed by atoms with Crippen LogP contribution in [0.1, 0.15) is 5.56 Å². The third-order valence-corrected chi connectivity index (χ3v) is 2.04. The standard InChI is InChI=1S/C8H8N2O2/c11-10(12)8-3-1-2-7-6(8)4-5-9-7/h1-3,9H,4-5H2. The maximum Gasteiger partial charge on any atom is 0.274 e. The van der Waals surface area contributed by atoms with E-state index in [1.54, 1.807) is 12.1 Å². The van der Waals surface area contributed by atoms with Crippen molar-refractivity contribution in [3.63, 3.8) is 0 Å². The fourth-order valence-electron chi connectivity index (χ4n) is 1.50. The first-order valence-corrected chi connectivity index (χ1v) is 3.79. The van der Waals surface area contributed by atoms with E-state index in [1.165, 1.54) is 0 Å². The van der Waals surface area contributed by atoms with Gasteiger partial charge in [0.15, 0.2) is 0 Å². The second-order valence-electron chi connectivity index (χ2n) is 2.74. The van der Waals surface area contributed by atoms with Crippen LogP contribution in [0.2, 0.25) is 0 Å². The average molecular weight is 164 g/mol. The molecule has 0 saturated heterocycles. The number of nitrogens with one attached hydrogen (secondary N) is 1. The Balaban J connectivity index is 2.56. The molecule has 1 aromatic carbocycles. The Kier molecular flexibility index (Phi) is 1.46. The normalized spacial score (nSPS) is 13.7. The molecule has 0 saturated carbocycles. The van der Waals surface area contributed by atoms with Crippen LogP contribution in [-0.2, 0) is 6.42 Å². The molecule has 0 spiro atoms. The summed E-state index contributed by atoms with van der Waals surface area (Å²) in [5, 5.41) is 13.6. The van der Waals surface area contributed by atoms with Crippen molar-refractivity contribution in [3.05, 3.63) is 33.9 Å². The van der Waals surface area contributed by atoms with Gasteiger partial charge in [0, 0.05) is 18.3 Å².